The number of primary sulfonamides is 1. The van der Waals surface area contributed by atoms with Crippen LogP contribution in [0.15, 0.2) is 59.8 Å². The highest BCUT2D eigenvalue weighted by molar-refractivity contribution is 7.89. The molecule has 152 valence electrons. The highest BCUT2D eigenvalue weighted by atomic mass is 35.5. The van der Waals surface area contributed by atoms with Crippen LogP contribution in [-0.4, -0.2) is 37.4 Å². The molecule has 4 N–H and O–H groups in total. The van der Waals surface area contributed by atoms with E-state index >= 15 is 0 Å². The van der Waals surface area contributed by atoms with Crippen molar-refractivity contribution in [1.82, 2.24) is 14.9 Å². The molecule has 0 amide bonds. The molecule has 0 aliphatic carbocycles. The highest BCUT2D eigenvalue weighted by Gasteiger charge is 2.12. The maximum absolute atomic E-state index is 11.8. The van der Waals surface area contributed by atoms with Gasteiger partial charge < -0.3 is 15.5 Å². The van der Waals surface area contributed by atoms with Crippen molar-refractivity contribution in [1.29, 1.82) is 0 Å². The maximum Gasteiger partial charge on any atom is 0.238 e. The molecule has 0 unspecified atom stereocenters. The molecule has 0 atom stereocenters. The Morgan fingerprint density at radius 1 is 0.966 bits per heavy atom. The SMILES string of the molecule is CN(C)Cc1cc(Nc2cc(Nc3ccc(Cl)cc3)ncn2)cc(S(N)(=O)=O)c1. The summed E-state index contributed by atoms with van der Waals surface area (Å²) in [4.78, 5) is 10.4. The molecule has 0 aliphatic rings. The van der Waals surface area contributed by atoms with Crippen LogP contribution in [0.2, 0.25) is 5.02 Å². The Labute approximate surface area is 174 Å². The average Bonchev–Trinajstić information content (AvgIpc) is 2.62. The second-order valence-corrected chi connectivity index (χ2v) is 8.69. The third-order valence-electron chi connectivity index (χ3n) is 3.85. The minimum atomic E-state index is -3.84. The fourth-order valence-electron chi connectivity index (χ4n) is 2.68. The number of nitrogens with zero attached hydrogens (tertiary/aromatic N) is 3. The van der Waals surface area contributed by atoms with Crippen molar-refractivity contribution in [3.8, 4) is 0 Å². The lowest BCUT2D eigenvalue weighted by molar-refractivity contribution is 0.402. The smallest absolute Gasteiger partial charge is 0.238 e. The third kappa shape index (κ3) is 6.13. The highest BCUT2D eigenvalue weighted by Crippen LogP contribution is 2.24. The monoisotopic (exact) mass is 432 g/mol. The predicted octanol–water partition coefficient (Wildman–Crippen LogP) is 3.33. The van der Waals surface area contributed by atoms with Gasteiger partial charge >= 0.3 is 0 Å². The summed E-state index contributed by atoms with van der Waals surface area (Å²) in [6.45, 7) is 0.561. The van der Waals surface area contributed by atoms with Crippen LogP contribution in [0.25, 0.3) is 0 Å². The topological polar surface area (TPSA) is 113 Å². The number of hydrogen-bond donors (Lipinski definition) is 3. The number of nitrogens with one attached hydrogen (secondary N) is 2. The zero-order valence-corrected chi connectivity index (χ0v) is 17.5. The molecule has 0 spiro atoms. The van der Waals surface area contributed by atoms with E-state index in [9.17, 15) is 8.42 Å². The first-order chi connectivity index (χ1) is 13.7. The predicted molar refractivity (Wildman–Crippen MR) is 115 cm³/mol. The quantitative estimate of drug-likeness (QED) is 0.524. The summed E-state index contributed by atoms with van der Waals surface area (Å²) in [5.41, 5.74) is 2.19. The molecule has 0 bridgehead atoms. The molecule has 2 aromatic carbocycles. The number of sulfonamides is 1. The van der Waals surface area contributed by atoms with Crippen LogP contribution >= 0.6 is 11.6 Å². The molecule has 0 fully saturated rings. The number of nitrogens with two attached hydrogens (primary N) is 1. The van der Waals surface area contributed by atoms with Gasteiger partial charge in [0.2, 0.25) is 10.0 Å². The van der Waals surface area contributed by atoms with Crippen molar-refractivity contribution in [2.24, 2.45) is 5.14 Å². The van der Waals surface area contributed by atoms with E-state index in [0.717, 1.165) is 11.3 Å². The van der Waals surface area contributed by atoms with Crippen LogP contribution in [0.4, 0.5) is 23.0 Å². The van der Waals surface area contributed by atoms with Crippen LogP contribution in [0, 0.1) is 0 Å². The molecule has 1 aromatic heterocycles. The Balaban J connectivity index is 1.86. The summed E-state index contributed by atoms with van der Waals surface area (Å²) in [6.07, 6.45) is 1.41. The van der Waals surface area contributed by atoms with E-state index in [4.69, 9.17) is 16.7 Å². The number of halogens is 1. The summed E-state index contributed by atoms with van der Waals surface area (Å²) < 4.78 is 23.7. The molecule has 0 aliphatic heterocycles. The fraction of sp³-hybridized carbons (Fsp3) is 0.158. The van der Waals surface area contributed by atoms with Crippen LogP contribution in [0.5, 0.6) is 0 Å². The first kappa shape index (κ1) is 21.0. The summed E-state index contributed by atoms with van der Waals surface area (Å²) in [7, 11) is -0.0454. The normalized spacial score (nSPS) is 11.5. The number of benzene rings is 2. The van der Waals surface area contributed by atoms with Gasteiger partial charge in [0.15, 0.2) is 0 Å². The molecule has 29 heavy (non-hydrogen) atoms. The summed E-state index contributed by atoms with van der Waals surface area (Å²) in [5, 5.41) is 12.2. The average molecular weight is 433 g/mol. The molecular weight excluding hydrogens is 412 g/mol. The van der Waals surface area contributed by atoms with Gasteiger partial charge in [-0.25, -0.2) is 23.5 Å². The number of rotatable bonds is 7. The number of anilines is 4. The zero-order valence-electron chi connectivity index (χ0n) is 15.9. The first-order valence-electron chi connectivity index (χ1n) is 8.62. The van der Waals surface area contributed by atoms with Gasteiger partial charge in [-0.3, -0.25) is 0 Å². The van der Waals surface area contributed by atoms with E-state index in [1.807, 2.05) is 37.2 Å². The molecule has 1 heterocycles. The molecule has 8 nitrogen and oxygen atoms in total. The molecule has 0 radical (unpaired) electrons. The van der Waals surface area contributed by atoms with Crippen molar-refractivity contribution in [3.05, 3.63) is 65.4 Å². The lowest BCUT2D eigenvalue weighted by atomic mass is 10.2. The lowest BCUT2D eigenvalue weighted by Gasteiger charge is -2.14. The van der Waals surface area contributed by atoms with Crippen LogP contribution in [-0.2, 0) is 16.6 Å². The van der Waals surface area contributed by atoms with Gasteiger partial charge in [0.25, 0.3) is 0 Å². The van der Waals surface area contributed by atoms with Crippen molar-refractivity contribution >= 4 is 44.6 Å². The standard InChI is InChI=1S/C19H21ClN6O2S/c1-26(2)11-13-7-16(9-17(8-13)29(21,27)28)25-19-10-18(22-12-23-19)24-15-5-3-14(20)4-6-15/h3-10,12H,11H2,1-2H3,(H2,21,27,28)(H2,22,23,24,25). The molecule has 10 heteroatoms. The Morgan fingerprint density at radius 3 is 2.17 bits per heavy atom. The lowest BCUT2D eigenvalue weighted by Crippen LogP contribution is -2.15. The van der Waals surface area contributed by atoms with E-state index < -0.39 is 10.0 Å². The number of aromatic nitrogens is 2. The Hall–Kier alpha value is -2.72. The van der Waals surface area contributed by atoms with Gasteiger partial charge in [0, 0.05) is 29.0 Å². The summed E-state index contributed by atoms with van der Waals surface area (Å²) in [6, 6.07) is 13.8. The van der Waals surface area contributed by atoms with Gasteiger partial charge in [0.1, 0.15) is 18.0 Å². The minimum absolute atomic E-state index is 0.0351. The number of hydrogen-bond acceptors (Lipinski definition) is 7. The van der Waals surface area contributed by atoms with Gasteiger partial charge in [-0.2, -0.15) is 0 Å². The van der Waals surface area contributed by atoms with Crippen LogP contribution in [0.3, 0.4) is 0 Å². The first-order valence-corrected chi connectivity index (χ1v) is 10.5. The third-order valence-corrected chi connectivity index (χ3v) is 4.99. The molecular formula is C19H21ClN6O2S. The van der Waals surface area contributed by atoms with E-state index in [0.29, 0.717) is 28.9 Å². The molecule has 3 aromatic rings. The molecule has 0 saturated carbocycles. The Morgan fingerprint density at radius 2 is 1.59 bits per heavy atom. The summed E-state index contributed by atoms with van der Waals surface area (Å²) >= 11 is 5.90. The van der Waals surface area contributed by atoms with Crippen molar-refractivity contribution in [3.63, 3.8) is 0 Å². The van der Waals surface area contributed by atoms with E-state index in [2.05, 4.69) is 20.6 Å². The van der Waals surface area contributed by atoms with Crippen LogP contribution < -0.4 is 15.8 Å². The maximum atomic E-state index is 11.8. The van der Waals surface area contributed by atoms with E-state index in [-0.39, 0.29) is 4.90 Å². The van der Waals surface area contributed by atoms with Crippen LogP contribution in [0.1, 0.15) is 5.56 Å². The second-order valence-electron chi connectivity index (χ2n) is 6.69. The van der Waals surface area contributed by atoms with Gasteiger partial charge in [0.05, 0.1) is 4.90 Å². The van der Waals surface area contributed by atoms with Crippen molar-refractivity contribution < 1.29 is 8.42 Å². The minimum Gasteiger partial charge on any atom is -0.340 e. The fourth-order valence-corrected chi connectivity index (χ4v) is 3.41. The summed E-state index contributed by atoms with van der Waals surface area (Å²) in [5.74, 6) is 1.07. The zero-order chi connectivity index (χ0) is 21.0. The Kier molecular flexibility index (Phi) is 6.33. The van der Waals surface area contributed by atoms with Crippen molar-refractivity contribution in [2.75, 3.05) is 24.7 Å². The second kappa shape index (κ2) is 8.75. The van der Waals surface area contributed by atoms with Gasteiger partial charge in [-0.15, -0.1) is 0 Å². The van der Waals surface area contributed by atoms with E-state index in [1.165, 1.54) is 12.4 Å². The Bertz CT molecular complexity index is 1100. The van der Waals surface area contributed by atoms with Gasteiger partial charge in [-0.1, -0.05) is 11.6 Å². The molecule has 0 saturated heterocycles. The van der Waals surface area contributed by atoms with Gasteiger partial charge in [-0.05, 0) is 62.1 Å². The van der Waals surface area contributed by atoms with Crippen molar-refractivity contribution in [2.45, 2.75) is 11.4 Å². The van der Waals surface area contributed by atoms with E-state index in [1.54, 1.807) is 24.3 Å². The molecule has 3 rings (SSSR count). The largest absolute Gasteiger partial charge is 0.340 e.